The number of hydrogen-bond donors (Lipinski definition) is 4. The molecule has 1 saturated carbocycles. The van der Waals surface area contributed by atoms with Gasteiger partial charge in [-0.1, -0.05) is 0 Å². The molecule has 0 aromatic heterocycles. The molecule has 0 saturated heterocycles. The highest BCUT2D eigenvalue weighted by molar-refractivity contribution is 6.02. The second-order valence-electron chi connectivity index (χ2n) is 2.60. The number of nitrogens with one attached hydrogen (secondary N) is 1. The molecule has 0 heterocycles. The van der Waals surface area contributed by atoms with Crippen molar-refractivity contribution in [3.8, 4) is 0 Å². The lowest BCUT2D eigenvalue weighted by molar-refractivity contribution is -0.143. The van der Waals surface area contributed by atoms with E-state index in [1.54, 1.807) is 0 Å². The highest BCUT2D eigenvalue weighted by Crippen LogP contribution is 2.22. The molecule has 0 aromatic rings. The van der Waals surface area contributed by atoms with Gasteiger partial charge < -0.3 is 20.7 Å². The molecule has 1 fully saturated rings. The van der Waals surface area contributed by atoms with Crippen molar-refractivity contribution in [2.75, 3.05) is 0 Å². The summed E-state index contributed by atoms with van der Waals surface area (Å²) in [4.78, 5) is 10.4. The first kappa shape index (κ1) is 8.16. The predicted molar refractivity (Wildman–Crippen MR) is 35.5 cm³/mol. The summed E-state index contributed by atoms with van der Waals surface area (Å²) in [6, 6.07) is 0. The number of carboxylic acid groups (broad SMARTS) is 1. The summed E-state index contributed by atoms with van der Waals surface area (Å²) in [5.41, 5.74) is -0.113. The van der Waals surface area contributed by atoms with Gasteiger partial charge >= 0.3 is 5.97 Å². The Morgan fingerprint density at radius 2 is 2.09 bits per heavy atom. The average Bonchev–Trinajstić information content (AvgIpc) is 2.07. The van der Waals surface area contributed by atoms with Crippen molar-refractivity contribution >= 4 is 11.7 Å². The molecule has 1 aliphatic rings. The van der Waals surface area contributed by atoms with Gasteiger partial charge in [-0.05, 0) is 0 Å². The van der Waals surface area contributed by atoms with Crippen LogP contribution in [0.4, 0.5) is 0 Å². The van der Waals surface area contributed by atoms with E-state index in [1.807, 2.05) is 0 Å². The molecule has 62 valence electrons. The second kappa shape index (κ2) is 2.60. The maximum atomic E-state index is 10.4. The molecule has 0 spiro atoms. The molecule has 3 atom stereocenters. The van der Waals surface area contributed by atoms with Crippen LogP contribution in [-0.4, -0.2) is 39.2 Å². The molecule has 0 bridgehead atoms. The third-order valence-corrected chi connectivity index (χ3v) is 1.81. The minimum atomic E-state index is -1.32. The molecule has 0 amide bonds. The van der Waals surface area contributed by atoms with Crippen LogP contribution in [0.5, 0.6) is 0 Å². The Bertz CT molecular complexity index is 203. The van der Waals surface area contributed by atoms with Gasteiger partial charge in [0.1, 0.15) is 5.92 Å². The van der Waals surface area contributed by atoms with Gasteiger partial charge in [-0.15, -0.1) is 0 Å². The molecular weight excluding hydrogens is 150 g/mol. The summed E-state index contributed by atoms with van der Waals surface area (Å²) in [6.45, 7) is 0. The van der Waals surface area contributed by atoms with E-state index in [0.717, 1.165) is 0 Å². The molecule has 5 nitrogen and oxygen atoms in total. The van der Waals surface area contributed by atoms with Gasteiger partial charge in [0, 0.05) is 12.1 Å². The first-order chi connectivity index (χ1) is 5.04. The smallest absolute Gasteiger partial charge is 0.314 e. The Balaban J connectivity index is 2.79. The largest absolute Gasteiger partial charge is 0.481 e. The van der Waals surface area contributed by atoms with Crippen LogP contribution in [0.15, 0.2) is 0 Å². The van der Waals surface area contributed by atoms with Crippen molar-refractivity contribution < 1.29 is 20.1 Å². The number of aliphatic hydroxyl groups is 2. The lowest BCUT2D eigenvalue weighted by atomic mass is 10.1. The molecule has 1 rings (SSSR count). The van der Waals surface area contributed by atoms with E-state index in [1.165, 1.54) is 0 Å². The van der Waals surface area contributed by atoms with E-state index in [0.29, 0.717) is 0 Å². The summed E-state index contributed by atoms with van der Waals surface area (Å²) >= 11 is 0. The Morgan fingerprint density at radius 1 is 1.55 bits per heavy atom. The van der Waals surface area contributed by atoms with Gasteiger partial charge in [-0.25, -0.2) is 0 Å². The van der Waals surface area contributed by atoms with E-state index in [-0.39, 0.29) is 12.1 Å². The third-order valence-electron chi connectivity index (χ3n) is 1.81. The van der Waals surface area contributed by atoms with E-state index in [2.05, 4.69) is 0 Å². The molecule has 0 aromatic carbocycles. The fourth-order valence-electron chi connectivity index (χ4n) is 1.20. The van der Waals surface area contributed by atoms with Crippen molar-refractivity contribution in [3.63, 3.8) is 0 Å². The van der Waals surface area contributed by atoms with Crippen LogP contribution >= 0.6 is 0 Å². The molecule has 1 aliphatic carbocycles. The maximum Gasteiger partial charge on any atom is 0.314 e. The number of rotatable bonds is 1. The molecule has 11 heavy (non-hydrogen) atoms. The fraction of sp³-hybridized carbons (Fsp3) is 0.667. The van der Waals surface area contributed by atoms with Gasteiger partial charge in [0.2, 0.25) is 0 Å². The van der Waals surface area contributed by atoms with Crippen LogP contribution < -0.4 is 0 Å². The molecule has 0 radical (unpaired) electrons. The van der Waals surface area contributed by atoms with Crippen molar-refractivity contribution in [1.82, 2.24) is 0 Å². The minimum Gasteiger partial charge on any atom is -0.481 e. The highest BCUT2D eigenvalue weighted by atomic mass is 16.4. The van der Waals surface area contributed by atoms with Crippen LogP contribution in [0.25, 0.3) is 0 Å². The van der Waals surface area contributed by atoms with E-state index in [9.17, 15) is 4.79 Å². The van der Waals surface area contributed by atoms with Crippen molar-refractivity contribution in [2.24, 2.45) is 5.92 Å². The van der Waals surface area contributed by atoms with Crippen LogP contribution in [0.1, 0.15) is 6.42 Å². The summed E-state index contributed by atoms with van der Waals surface area (Å²) in [6.07, 6.45) is -2.46. The molecule has 5 heteroatoms. The fourth-order valence-corrected chi connectivity index (χ4v) is 1.20. The second-order valence-corrected chi connectivity index (χ2v) is 2.60. The number of hydrogen-bond acceptors (Lipinski definition) is 4. The standard InChI is InChI=1S/C6H9NO4/c7-2-1-3(8)5(9)4(2)6(10)11/h3-5,7-9H,1H2,(H,10,11)/t3?,4?,5-/m0/s1. The average molecular weight is 159 g/mol. The zero-order valence-corrected chi connectivity index (χ0v) is 5.69. The van der Waals surface area contributed by atoms with Gasteiger partial charge in [0.25, 0.3) is 0 Å². The maximum absolute atomic E-state index is 10.4. The highest BCUT2D eigenvalue weighted by Gasteiger charge is 2.42. The van der Waals surface area contributed by atoms with E-state index < -0.39 is 24.1 Å². The number of carbonyl (C=O) groups is 1. The Labute approximate surface area is 62.8 Å². The predicted octanol–water partition coefficient (Wildman–Crippen LogP) is -1.17. The number of carboxylic acids is 1. The van der Waals surface area contributed by atoms with Gasteiger partial charge in [-0.3, -0.25) is 4.79 Å². The topological polar surface area (TPSA) is 102 Å². The van der Waals surface area contributed by atoms with Crippen molar-refractivity contribution in [3.05, 3.63) is 0 Å². The van der Waals surface area contributed by atoms with Gasteiger partial charge in [-0.2, -0.15) is 0 Å². The monoisotopic (exact) mass is 159 g/mol. The van der Waals surface area contributed by atoms with Gasteiger partial charge in [0.15, 0.2) is 0 Å². The third kappa shape index (κ3) is 1.24. The normalized spacial score (nSPS) is 37.6. The van der Waals surface area contributed by atoms with Crippen LogP contribution in [0.2, 0.25) is 0 Å². The molecular formula is C6H9NO4. The summed E-state index contributed by atoms with van der Waals surface area (Å²) < 4.78 is 0. The summed E-state index contributed by atoms with van der Waals surface area (Å²) in [7, 11) is 0. The van der Waals surface area contributed by atoms with Crippen LogP contribution in [-0.2, 0) is 4.79 Å². The van der Waals surface area contributed by atoms with E-state index in [4.69, 9.17) is 20.7 Å². The first-order valence-electron chi connectivity index (χ1n) is 3.20. The van der Waals surface area contributed by atoms with Crippen LogP contribution in [0.3, 0.4) is 0 Å². The van der Waals surface area contributed by atoms with Crippen molar-refractivity contribution in [2.45, 2.75) is 18.6 Å². The summed E-state index contributed by atoms with van der Waals surface area (Å²) in [5.74, 6) is -2.47. The quantitative estimate of drug-likeness (QED) is 0.387. The number of aliphatic carboxylic acids is 1. The Kier molecular flexibility index (Phi) is 1.92. The van der Waals surface area contributed by atoms with Gasteiger partial charge in [0.05, 0.1) is 12.2 Å². The first-order valence-corrected chi connectivity index (χ1v) is 3.20. The zero-order chi connectivity index (χ0) is 8.59. The van der Waals surface area contributed by atoms with Crippen molar-refractivity contribution in [1.29, 1.82) is 5.41 Å². The minimum absolute atomic E-state index is 0.0435. The Morgan fingerprint density at radius 3 is 2.27 bits per heavy atom. The lowest BCUT2D eigenvalue weighted by Crippen LogP contribution is -2.31. The SMILES string of the molecule is N=C1CC(O)[C@H](O)C1C(=O)O. The zero-order valence-electron chi connectivity index (χ0n) is 5.69. The van der Waals surface area contributed by atoms with Crippen LogP contribution in [0, 0.1) is 11.3 Å². The molecule has 0 aliphatic heterocycles. The molecule has 4 N–H and O–H groups in total. The molecule has 2 unspecified atom stereocenters. The Hall–Kier alpha value is -0.940. The number of aliphatic hydroxyl groups excluding tert-OH is 2. The summed E-state index contributed by atoms with van der Waals surface area (Å²) in [5, 5.41) is 33.5. The lowest BCUT2D eigenvalue weighted by Gasteiger charge is -2.10. The van der Waals surface area contributed by atoms with E-state index >= 15 is 0 Å².